The summed E-state index contributed by atoms with van der Waals surface area (Å²) >= 11 is 1.67. The minimum atomic E-state index is -3.14. The molecule has 0 radical (unpaired) electrons. The monoisotopic (exact) mass is 316 g/mol. The average molecular weight is 316 g/mol. The van der Waals surface area contributed by atoms with Crippen LogP contribution in [-0.2, 0) is 16.3 Å². The van der Waals surface area contributed by atoms with Crippen molar-refractivity contribution in [3.8, 4) is 0 Å². The third kappa shape index (κ3) is 3.01. The number of hydrogen-bond acceptors (Lipinski definition) is 7. The molecule has 1 N–H and O–H groups in total. The number of aromatic nitrogens is 2. The summed E-state index contributed by atoms with van der Waals surface area (Å²) in [4.78, 5) is 10.5. The third-order valence-electron chi connectivity index (χ3n) is 3.36. The number of rotatable bonds is 4. The van der Waals surface area contributed by atoms with Crippen LogP contribution >= 0.6 is 11.8 Å². The second-order valence-corrected chi connectivity index (χ2v) is 8.03. The van der Waals surface area contributed by atoms with Crippen molar-refractivity contribution in [1.29, 1.82) is 0 Å². The van der Waals surface area contributed by atoms with E-state index < -0.39 is 15.2 Å². The maximum atomic E-state index is 12.0. The Hall–Kier alpha value is -1.02. The molecule has 1 aliphatic rings. The normalized spacial score (nSPS) is 19.9. The van der Waals surface area contributed by atoms with E-state index in [4.69, 9.17) is 0 Å². The lowest BCUT2D eigenvalue weighted by Gasteiger charge is -2.36. The van der Waals surface area contributed by atoms with Crippen molar-refractivity contribution in [2.45, 2.75) is 18.7 Å². The van der Waals surface area contributed by atoms with Gasteiger partial charge in [0.2, 0.25) is 0 Å². The lowest BCUT2D eigenvalue weighted by atomic mass is 10.2. The van der Waals surface area contributed by atoms with Gasteiger partial charge in [-0.1, -0.05) is 6.92 Å². The highest BCUT2D eigenvalue weighted by Crippen LogP contribution is 2.30. The van der Waals surface area contributed by atoms with Crippen molar-refractivity contribution < 1.29 is 8.42 Å². The van der Waals surface area contributed by atoms with Crippen molar-refractivity contribution >= 4 is 33.2 Å². The highest BCUT2D eigenvalue weighted by atomic mass is 32.2. The Kier molecular flexibility index (Phi) is 4.74. The van der Waals surface area contributed by atoms with Gasteiger partial charge < -0.3 is 10.2 Å². The number of anilines is 2. The van der Waals surface area contributed by atoms with Gasteiger partial charge in [-0.2, -0.15) is 11.8 Å². The van der Waals surface area contributed by atoms with Gasteiger partial charge in [0.15, 0.2) is 9.84 Å². The SMILES string of the molecule is CCc1c(NC)ncnc1N1CCSCC1S(C)(=O)=O. The molecule has 20 heavy (non-hydrogen) atoms. The van der Waals surface area contributed by atoms with E-state index in [1.807, 2.05) is 18.9 Å². The molecule has 1 aromatic rings. The average Bonchev–Trinajstić information content (AvgIpc) is 2.45. The maximum absolute atomic E-state index is 12.0. The summed E-state index contributed by atoms with van der Waals surface area (Å²) in [7, 11) is -1.33. The highest BCUT2D eigenvalue weighted by Gasteiger charge is 2.33. The summed E-state index contributed by atoms with van der Waals surface area (Å²) in [5.41, 5.74) is 0.968. The molecule has 112 valence electrons. The van der Waals surface area contributed by atoms with E-state index in [9.17, 15) is 8.42 Å². The van der Waals surface area contributed by atoms with Crippen molar-refractivity contribution in [1.82, 2.24) is 9.97 Å². The van der Waals surface area contributed by atoms with Gasteiger partial charge in [0.25, 0.3) is 0 Å². The minimum Gasteiger partial charge on any atom is -0.373 e. The van der Waals surface area contributed by atoms with E-state index in [0.717, 1.165) is 29.4 Å². The second kappa shape index (κ2) is 6.17. The van der Waals surface area contributed by atoms with Gasteiger partial charge in [0.1, 0.15) is 23.3 Å². The quantitative estimate of drug-likeness (QED) is 0.888. The molecule has 2 heterocycles. The van der Waals surface area contributed by atoms with Crippen LogP contribution in [0, 0.1) is 0 Å². The molecule has 0 bridgehead atoms. The number of thioether (sulfide) groups is 1. The topological polar surface area (TPSA) is 75.2 Å². The molecule has 2 rings (SSSR count). The zero-order chi connectivity index (χ0) is 14.8. The van der Waals surface area contributed by atoms with Crippen LogP contribution in [-0.4, -0.2) is 55.1 Å². The Labute approximate surface area is 124 Å². The first-order valence-corrected chi connectivity index (χ1v) is 9.64. The molecule has 0 aliphatic carbocycles. The summed E-state index contributed by atoms with van der Waals surface area (Å²) in [5.74, 6) is 3.00. The van der Waals surface area contributed by atoms with Crippen molar-refractivity contribution in [2.75, 3.05) is 41.6 Å². The van der Waals surface area contributed by atoms with Crippen LogP contribution in [0.4, 0.5) is 11.6 Å². The van der Waals surface area contributed by atoms with Crippen LogP contribution in [0.5, 0.6) is 0 Å². The molecule has 8 heteroatoms. The van der Waals surface area contributed by atoms with E-state index in [1.54, 1.807) is 11.8 Å². The zero-order valence-corrected chi connectivity index (χ0v) is 13.6. The Morgan fingerprint density at radius 1 is 1.50 bits per heavy atom. The van der Waals surface area contributed by atoms with Crippen LogP contribution in [0.2, 0.25) is 0 Å². The van der Waals surface area contributed by atoms with Crippen LogP contribution in [0.3, 0.4) is 0 Å². The smallest absolute Gasteiger partial charge is 0.169 e. The van der Waals surface area contributed by atoms with Gasteiger partial charge in [0, 0.05) is 36.9 Å². The first-order chi connectivity index (χ1) is 9.49. The predicted octanol–water partition coefficient (Wildman–Crippen LogP) is 1.00. The van der Waals surface area contributed by atoms with Crippen molar-refractivity contribution in [2.24, 2.45) is 0 Å². The lowest BCUT2D eigenvalue weighted by molar-refractivity contribution is 0.583. The van der Waals surface area contributed by atoms with E-state index in [2.05, 4.69) is 15.3 Å². The van der Waals surface area contributed by atoms with Gasteiger partial charge in [-0.3, -0.25) is 0 Å². The number of nitrogens with one attached hydrogen (secondary N) is 1. The van der Waals surface area contributed by atoms with Gasteiger partial charge >= 0.3 is 0 Å². The fourth-order valence-electron chi connectivity index (χ4n) is 2.37. The van der Waals surface area contributed by atoms with Crippen LogP contribution in [0.25, 0.3) is 0 Å². The molecule has 1 aliphatic heterocycles. The van der Waals surface area contributed by atoms with Crippen LogP contribution in [0.1, 0.15) is 12.5 Å². The summed E-state index contributed by atoms with van der Waals surface area (Å²) in [6.07, 6.45) is 3.54. The first kappa shape index (κ1) is 15.4. The number of hydrogen-bond donors (Lipinski definition) is 1. The zero-order valence-electron chi connectivity index (χ0n) is 12.0. The molecule has 1 atom stereocenters. The fraction of sp³-hybridized carbons (Fsp3) is 0.667. The molecule has 1 aromatic heterocycles. The summed E-state index contributed by atoms with van der Waals surface area (Å²) in [5, 5.41) is 2.54. The molecule has 0 spiro atoms. The molecule has 1 unspecified atom stereocenters. The largest absolute Gasteiger partial charge is 0.373 e. The summed E-state index contributed by atoms with van der Waals surface area (Å²) < 4.78 is 24.0. The van der Waals surface area contributed by atoms with E-state index in [0.29, 0.717) is 12.3 Å². The highest BCUT2D eigenvalue weighted by molar-refractivity contribution is 8.01. The van der Waals surface area contributed by atoms with Crippen molar-refractivity contribution in [3.63, 3.8) is 0 Å². The molecule has 1 fully saturated rings. The Morgan fingerprint density at radius 3 is 2.85 bits per heavy atom. The number of sulfone groups is 1. The van der Waals surface area contributed by atoms with Gasteiger partial charge in [-0.15, -0.1) is 0 Å². The Balaban J connectivity index is 2.48. The number of nitrogens with zero attached hydrogens (tertiary/aromatic N) is 3. The Morgan fingerprint density at radius 2 is 2.25 bits per heavy atom. The van der Waals surface area contributed by atoms with Gasteiger partial charge in [-0.05, 0) is 6.42 Å². The van der Waals surface area contributed by atoms with E-state index >= 15 is 0 Å². The molecule has 0 saturated carbocycles. The minimum absolute atomic E-state index is 0.508. The lowest BCUT2D eigenvalue weighted by Crippen LogP contribution is -2.47. The Bertz CT molecular complexity index is 577. The van der Waals surface area contributed by atoms with E-state index in [-0.39, 0.29) is 0 Å². The molecule has 0 aromatic carbocycles. The van der Waals surface area contributed by atoms with E-state index in [1.165, 1.54) is 12.6 Å². The van der Waals surface area contributed by atoms with Crippen molar-refractivity contribution in [3.05, 3.63) is 11.9 Å². The van der Waals surface area contributed by atoms with Crippen LogP contribution < -0.4 is 10.2 Å². The molecular formula is C12H20N4O2S2. The molecule has 1 saturated heterocycles. The summed E-state index contributed by atoms with van der Waals surface area (Å²) in [6.45, 7) is 2.72. The predicted molar refractivity (Wildman–Crippen MR) is 84.3 cm³/mol. The second-order valence-electron chi connectivity index (χ2n) is 4.68. The standard InChI is InChI=1S/C12H20N4O2S2/c1-4-9-11(13-2)14-8-15-12(9)16-5-6-19-7-10(16)20(3,17)18/h8,10H,4-7H2,1-3H3,(H,13,14,15). The summed E-state index contributed by atoms with van der Waals surface area (Å²) in [6, 6.07) is 0. The first-order valence-electron chi connectivity index (χ1n) is 6.54. The molecule has 0 amide bonds. The van der Waals surface area contributed by atoms with Gasteiger partial charge in [0.05, 0.1) is 0 Å². The fourth-order valence-corrected chi connectivity index (χ4v) is 5.19. The van der Waals surface area contributed by atoms with Crippen LogP contribution in [0.15, 0.2) is 6.33 Å². The molecule has 6 nitrogen and oxygen atoms in total. The molecular weight excluding hydrogens is 296 g/mol. The third-order valence-corrected chi connectivity index (χ3v) is 6.01. The van der Waals surface area contributed by atoms with Gasteiger partial charge in [-0.25, -0.2) is 18.4 Å². The maximum Gasteiger partial charge on any atom is 0.169 e.